The van der Waals surface area contributed by atoms with Crippen molar-refractivity contribution in [2.45, 2.75) is 27.2 Å². The molecule has 0 aromatic heterocycles. The highest BCUT2D eigenvalue weighted by molar-refractivity contribution is 5.93. The van der Waals surface area contributed by atoms with Crippen LogP contribution in [0.3, 0.4) is 0 Å². The summed E-state index contributed by atoms with van der Waals surface area (Å²) < 4.78 is 5.56. The SMILES string of the molecule is CC(C)(C)CCN1CCOc2c(C(=O)O)cccc21. The minimum absolute atomic E-state index is 0.248. The molecule has 4 nitrogen and oxygen atoms in total. The molecular formula is C15H21NO3. The maximum absolute atomic E-state index is 11.2. The number of benzene rings is 1. The van der Waals surface area contributed by atoms with Gasteiger partial charge in [0.1, 0.15) is 12.2 Å². The van der Waals surface area contributed by atoms with Crippen molar-refractivity contribution in [1.82, 2.24) is 0 Å². The highest BCUT2D eigenvalue weighted by Crippen LogP contribution is 2.35. The smallest absolute Gasteiger partial charge is 0.339 e. The van der Waals surface area contributed by atoms with Crippen molar-refractivity contribution >= 4 is 11.7 Å². The molecule has 1 aromatic rings. The molecule has 19 heavy (non-hydrogen) atoms. The van der Waals surface area contributed by atoms with E-state index in [2.05, 4.69) is 25.7 Å². The van der Waals surface area contributed by atoms with E-state index < -0.39 is 5.97 Å². The van der Waals surface area contributed by atoms with Gasteiger partial charge in [0.15, 0.2) is 5.75 Å². The van der Waals surface area contributed by atoms with Crippen molar-refractivity contribution in [3.63, 3.8) is 0 Å². The number of para-hydroxylation sites is 1. The normalized spacial score (nSPS) is 14.8. The molecule has 0 radical (unpaired) electrons. The number of carboxylic acid groups (broad SMARTS) is 1. The van der Waals surface area contributed by atoms with Crippen LogP contribution in [0.4, 0.5) is 5.69 Å². The third-order valence-electron chi connectivity index (χ3n) is 3.30. The lowest BCUT2D eigenvalue weighted by atomic mass is 9.92. The van der Waals surface area contributed by atoms with Gasteiger partial charge in [0.25, 0.3) is 0 Å². The number of carboxylic acids is 1. The lowest BCUT2D eigenvalue weighted by Gasteiger charge is -2.33. The van der Waals surface area contributed by atoms with Crippen LogP contribution in [-0.4, -0.2) is 30.8 Å². The summed E-state index contributed by atoms with van der Waals surface area (Å²) in [6.45, 7) is 8.91. The van der Waals surface area contributed by atoms with Gasteiger partial charge in [0, 0.05) is 6.54 Å². The van der Waals surface area contributed by atoms with Gasteiger partial charge in [-0.05, 0) is 24.0 Å². The van der Waals surface area contributed by atoms with Gasteiger partial charge in [-0.1, -0.05) is 26.8 Å². The van der Waals surface area contributed by atoms with Crippen LogP contribution in [0.1, 0.15) is 37.6 Å². The Morgan fingerprint density at radius 2 is 2.16 bits per heavy atom. The number of ether oxygens (including phenoxy) is 1. The highest BCUT2D eigenvalue weighted by Gasteiger charge is 2.24. The van der Waals surface area contributed by atoms with Crippen LogP contribution < -0.4 is 9.64 Å². The molecule has 1 N–H and O–H groups in total. The van der Waals surface area contributed by atoms with Gasteiger partial charge in [0.05, 0.1) is 12.2 Å². The maximum Gasteiger partial charge on any atom is 0.339 e. The summed E-state index contributed by atoms with van der Waals surface area (Å²) >= 11 is 0. The van der Waals surface area contributed by atoms with Gasteiger partial charge in [-0.25, -0.2) is 4.79 Å². The van der Waals surface area contributed by atoms with Gasteiger partial charge in [-0.15, -0.1) is 0 Å². The second-order valence-electron chi connectivity index (χ2n) is 6.11. The molecule has 0 saturated heterocycles. The quantitative estimate of drug-likeness (QED) is 0.910. The van der Waals surface area contributed by atoms with Crippen molar-refractivity contribution in [3.05, 3.63) is 23.8 Å². The summed E-state index contributed by atoms with van der Waals surface area (Å²) in [5, 5.41) is 9.19. The van der Waals surface area contributed by atoms with E-state index in [-0.39, 0.29) is 11.0 Å². The molecule has 0 unspecified atom stereocenters. The van der Waals surface area contributed by atoms with E-state index in [1.54, 1.807) is 12.1 Å². The van der Waals surface area contributed by atoms with Crippen LogP contribution in [0, 0.1) is 5.41 Å². The third kappa shape index (κ3) is 3.19. The first-order valence-electron chi connectivity index (χ1n) is 6.62. The van der Waals surface area contributed by atoms with Crippen LogP contribution in [0.5, 0.6) is 5.75 Å². The summed E-state index contributed by atoms with van der Waals surface area (Å²) in [5.41, 5.74) is 1.41. The Morgan fingerprint density at radius 3 is 2.79 bits per heavy atom. The number of carbonyl (C=O) groups is 1. The predicted molar refractivity (Wildman–Crippen MR) is 75.2 cm³/mol. The zero-order valence-corrected chi connectivity index (χ0v) is 11.8. The Bertz CT molecular complexity index is 477. The van der Waals surface area contributed by atoms with E-state index in [0.717, 1.165) is 25.2 Å². The molecule has 4 heteroatoms. The number of fused-ring (bicyclic) bond motifs is 1. The molecule has 0 spiro atoms. The Balaban J connectivity index is 2.25. The number of anilines is 1. The van der Waals surface area contributed by atoms with E-state index in [0.29, 0.717) is 12.4 Å². The first kappa shape index (κ1) is 13.7. The molecule has 1 aromatic carbocycles. The topological polar surface area (TPSA) is 49.8 Å². The monoisotopic (exact) mass is 263 g/mol. The molecule has 104 valence electrons. The summed E-state index contributed by atoms with van der Waals surface area (Å²) in [7, 11) is 0. The number of hydrogen-bond acceptors (Lipinski definition) is 3. The van der Waals surface area contributed by atoms with E-state index in [4.69, 9.17) is 4.74 Å². The Labute approximate surface area is 114 Å². The molecule has 1 heterocycles. The average Bonchev–Trinajstić information content (AvgIpc) is 2.34. The minimum atomic E-state index is -0.936. The van der Waals surface area contributed by atoms with Crippen molar-refractivity contribution in [1.29, 1.82) is 0 Å². The number of nitrogens with zero attached hydrogens (tertiary/aromatic N) is 1. The van der Waals surface area contributed by atoms with Gasteiger partial charge < -0.3 is 14.7 Å². The van der Waals surface area contributed by atoms with Gasteiger partial charge in [-0.2, -0.15) is 0 Å². The summed E-state index contributed by atoms with van der Waals surface area (Å²) in [4.78, 5) is 13.4. The van der Waals surface area contributed by atoms with Crippen molar-refractivity contribution < 1.29 is 14.6 Å². The first-order valence-corrected chi connectivity index (χ1v) is 6.62. The zero-order chi connectivity index (χ0) is 14.0. The summed E-state index contributed by atoms with van der Waals surface area (Å²) in [6, 6.07) is 5.30. The predicted octanol–water partition coefficient (Wildman–Crippen LogP) is 3.02. The van der Waals surface area contributed by atoms with Gasteiger partial charge in [0.2, 0.25) is 0 Å². The number of hydrogen-bond donors (Lipinski definition) is 1. The fraction of sp³-hybridized carbons (Fsp3) is 0.533. The molecule has 2 rings (SSSR count). The fourth-order valence-corrected chi connectivity index (χ4v) is 2.17. The standard InChI is InChI=1S/C15H21NO3/c1-15(2,3)7-8-16-9-10-19-13-11(14(17)18)5-4-6-12(13)16/h4-6H,7-10H2,1-3H3,(H,17,18). The second-order valence-corrected chi connectivity index (χ2v) is 6.11. The molecular weight excluding hydrogens is 242 g/mol. The third-order valence-corrected chi connectivity index (χ3v) is 3.30. The molecule has 0 atom stereocenters. The van der Waals surface area contributed by atoms with Crippen molar-refractivity contribution in [2.24, 2.45) is 5.41 Å². The molecule has 0 amide bonds. The van der Waals surface area contributed by atoms with Crippen LogP contribution in [0.25, 0.3) is 0 Å². The minimum Gasteiger partial charge on any atom is -0.489 e. The lowest BCUT2D eigenvalue weighted by molar-refractivity contribution is 0.0692. The zero-order valence-electron chi connectivity index (χ0n) is 11.8. The van der Waals surface area contributed by atoms with E-state index in [1.165, 1.54) is 0 Å². The largest absolute Gasteiger partial charge is 0.489 e. The highest BCUT2D eigenvalue weighted by atomic mass is 16.5. The molecule has 0 fully saturated rings. The molecule has 0 aliphatic carbocycles. The van der Waals surface area contributed by atoms with Crippen molar-refractivity contribution in [3.8, 4) is 5.75 Å². The molecule has 1 aliphatic heterocycles. The maximum atomic E-state index is 11.2. The molecule has 1 aliphatic rings. The van der Waals surface area contributed by atoms with Crippen molar-refractivity contribution in [2.75, 3.05) is 24.6 Å². The van der Waals surface area contributed by atoms with E-state index in [1.807, 2.05) is 6.07 Å². The molecule has 0 bridgehead atoms. The Hall–Kier alpha value is -1.71. The average molecular weight is 263 g/mol. The van der Waals surface area contributed by atoms with E-state index >= 15 is 0 Å². The lowest BCUT2D eigenvalue weighted by Crippen LogP contribution is -2.35. The first-order chi connectivity index (χ1) is 8.88. The van der Waals surface area contributed by atoms with Crippen LogP contribution in [0.15, 0.2) is 18.2 Å². The Morgan fingerprint density at radius 1 is 1.42 bits per heavy atom. The summed E-state index contributed by atoms with van der Waals surface area (Å²) in [5.74, 6) is -0.426. The number of rotatable bonds is 3. The Kier molecular flexibility index (Phi) is 3.69. The summed E-state index contributed by atoms with van der Waals surface area (Å²) in [6.07, 6.45) is 1.06. The fourth-order valence-electron chi connectivity index (χ4n) is 2.17. The van der Waals surface area contributed by atoms with Crippen LogP contribution in [-0.2, 0) is 0 Å². The van der Waals surface area contributed by atoms with E-state index in [9.17, 15) is 9.90 Å². The van der Waals surface area contributed by atoms with Gasteiger partial charge >= 0.3 is 5.97 Å². The van der Waals surface area contributed by atoms with Crippen LogP contribution >= 0.6 is 0 Å². The van der Waals surface area contributed by atoms with Crippen LogP contribution in [0.2, 0.25) is 0 Å². The second kappa shape index (κ2) is 5.11. The molecule has 0 saturated carbocycles. The van der Waals surface area contributed by atoms with Gasteiger partial charge in [-0.3, -0.25) is 0 Å². The number of aromatic carboxylic acids is 1.